The molecule has 0 aliphatic carbocycles. The van der Waals surface area contributed by atoms with E-state index >= 15 is 0 Å². The predicted molar refractivity (Wildman–Crippen MR) is 76.9 cm³/mol. The van der Waals surface area contributed by atoms with Gasteiger partial charge in [0.05, 0.1) is 6.20 Å². The summed E-state index contributed by atoms with van der Waals surface area (Å²) in [6, 6.07) is 3.43. The van der Waals surface area contributed by atoms with Crippen LogP contribution in [-0.2, 0) is 23.0 Å². The molecular formula is C11H17N5O2S2. The van der Waals surface area contributed by atoms with Crippen LogP contribution in [0, 0.1) is 0 Å². The lowest BCUT2D eigenvalue weighted by atomic mass is 10.3. The van der Waals surface area contributed by atoms with Crippen molar-refractivity contribution in [3.05, 3.63) is 29.4 Å². The molecule has 0 fully saturated rings. The number of hydrogen-bond donors (Lipinski definition) is 2. The number of hydrogen-bond acceptors (Lipinski definition) is 6. The summed E-state index contributed by atoms with van der Waals surface area (Å²) in [7, 11) is -3.42. The smallest absolute Gasteiger partial charge is 0.250 e. The highest BCUT2D eigenvalue weighted by Crippen LogP contribution is 2.21. The number of nitrogens with zero attached hydrogens (tertiary/aromatic N) is 3. The fraction of sp³-hybridized carbons (Fsp3) is 0.455. The van der Waals surface area contributed by atoms with E-state index in [9.17, 15) is 8.42 Å². The number of rotatable bonds is 8. The van der Waals surface area contributed by atoms with Crippen molar-refractivity contribution in [1.82, 2.24) is 19.7 Å². The first-order chi connectivity index (χ1) is 9.62. The van der Waals surface area contributed by atoms with Crippen molar-refractivity contribution in [3.63, 3.8) is 0 Å². The Morgan fingerprint density at radius 1 is 1.40 bits per heavy atom. The van der Waals surface area contributed by atoms with Crippen LogP contribution in [-0.4, -0.2) is 36.5 Å². The summed E-state index contributed by atoms with van der Waals surface area (Å²) in [5.74, 6) is 0. The van der Waals surface area contributed by atoms with E-state index in [1.165, 1.54) is 11.3 Å². The molecule has 20 heavy (non-hydrogen) atoms. The Labute approximate surface area is 121 Å². The fourth-order valence-electron chi connectivity index (χ4n) is 1.65. The van der Waals surface area contributed by atoms with Crippen LogP contribution in [0.3, 0.4) is 0 Å². The zero-order chi connectivity index (χ0) is 14.4. The minimum atomic E-state index is -3.42. The molecule has 0 spiro atoms. The van der Waals surface area contributed by atoms with Crippen molar-refractivity contribution in [2.45, 2.75) is 23.6 Å². The molecule has 0 atom stereocenters. The largest absolute Gasteiger partial charge is 0.330 e. The molecule has 0 aromatic carbocycles. The van der Waals surface area contributed by atoms with Crippen LogP contribution < -0.4 is 10.5 Å². The molecule has 7 nitrogen and oxygen atoms in total. The second-order valence-electron chi connectivity index (χ2n) is 4.18. The summed E-state index contributed by atoms with van der Waals surface area (Å²) in [6.45, 7) is 1.52. The maximum absolute atomic E-state index is 12.0. The fourth-order valence-corrected chi connectivity index (χ4v) is 4.14. The lowest BCUT2D eigenvalue weighted by molar-refractivity contribution is 0.543. The van der Waals surface area contributed by atoms with Crippen molar-refractivity contribution in [2.75, 3.05) is 13.1 Å². The first-order valence-electron chi connectivity index (χ1n) is 6.24. The number of aryl methyl sites for hydroxylation is 1. The first-order valence-corrected chi connectivity index (χ1v) is 8.54. The molecule has 110 valence electrons. The molecule has 0 aliphatic rings. The van der Waals surface area contributed by atoms with Gasteiger partial charge in [-0.25, -0.2) is 13.1 Å². The van der Waals surface area contributed by atoms with Crippen molar-refractivity contribution in [3.8, 4) is 0 Å². The summed E-state index contributed by atoms with van der Waals surface area (Å²) in [5.41, 5.74) is 5.45. The molecule has 9 heteroatoms. The van der Waals surface area contributed by atoms with Crippen LogP contribution >= 0.6 is 11.3 Å². The second-order valence-corrected chi connectivity index (χ2v) is 7.34. The lowest BCUT2D eigenvalue weighted by Gasteiger charge is -2.04. The summed E-state index contributed by atoms with van der Waals surface area (Å²) < 4.78 is 28.7. The Balaban J connectivity index is 1.83. The van der Waals surface area contributed by atoms with Gasteiger partial charge in [0.25, 0.3) is 0 Å². The Morgan fingerprint density at radius 3 is 2.95 bits per heavy atom. The molecular weight excluding hydrogens is 298 g/mol. The summed E-state index contributed by atoms with van der Waals surface area (Å²) in [6.07, 6.45) is 4.69. The molecule has 0 unspecified atom stereocenters. The van der Waals surface area contributed by atoms with Crippen LogP contribution in [0.4, 0.5) is 0 Å². The van der Waals surface area contributed by atoms with Gasteiger partial charge in [0.15, 0.2) is 0 Å². The zero-order valence-corrected chi connectivity index (χ0v) is 12.5. The number of nitrogens with two attached hydrogens (primary N) is 1. The zero-order valence-electron chi connectivity index (χ0n) is 10.9. The van der Waals surface area contributed by atoms with Gasteiger partial charge in [0.1, 0.15) is 4.21 Å². The Hall–Kier alpha value is -1.29. The van der Waals surface area contributed by atoms with E-state index in [-0.39, 0.29) is 0 Å². The van der Waals surface area contributed by atoms with Gasteiger partial charge in [-0.05, 0) is 31.5 Å². The van der Waals surface area contributed by atoms with E-state index in [1.807, 2.05) is 6.07 Å². The van der Waals surface area contributed by atoms with Gasteiger partial charge in [0.2, 0.25) is 10.0 Å². The van der Waals surface area contributed by atoms with Crippen molar-refractivity contribution >= 4 is 21.4 Å². The van der Waals surface area contributed by atoms with Crippen LogP contribution in [0.5, 0.6) is 0 Å². The normalized spacial score (nSPS) is 11.8. The standard InChI is InChI=1S/C11H17N5O2S2/c12-5-4-10-2-3-11(19-10)20(17,18)14-6-1-8-16-9-7-13-15-16/h2-3,7,9,14H,1,4-6,8,12H2. The molecule has 0 aliphatic heterocycles. The van der Waals surface area contributed by atoms with E-state index in [2.05, 4.69) is 15.0 Å². The molecule has 2 rings (SSSR count). The van der Waals surface area contributed by atoms with E-state index in [0.717, 1.165) is 4.88 Å². The number of aromatic nitrogens is 3. The highest BCUT2D eigenvalue weighted by molar-refractivity contribution is 7.91. The number of sulfonamides is 1. The predicted octanol–water partition coefficient (Wildman–Crippen LogP) is 0.209. The Kier molecular flexibility index (Phi) is 5.24. The quantitative estimate of drug-likeness (QED) is 0.678. The molecule has 0 radical (unpaired) electrons. The van der Waals surface area contributed by atoms with Crippen LogP contribution in [0.15, 0.2) is 28.7 Å². The van der Waals surface area contributed by atoms with Crippen LogP contribution in [0.25, 0.3) is 0 Å². The van der Waals surface area contributed by atoms with E-state index in [0.29, 0.717) is 36.7 Å². The average Bonchev–Trinajstić information content (AvgIpc) is 3.06. The molecule has 2 aromatic rings. The van der Waals surface area contributed by atoms with Gasteiger partial charge in [-0.3, -0.25) is 4.68 Å². The van der Waals surface area contributed by atoms with Crippen LogP contribution in [0.1, 0.15) is 11.3 Å². The highest BCUT2D eigenvalue weighted by Gasteiger charge is 2.15. The third kappa shape index (κ3) is 4.10. The SMILES string of the molecule is NCCc1ccc(S(=O)(=O)NCCCn2ccnn2)s1. The molecule has 0 bridgehead atoms. The third-order valence-electron chi connectivity index (χ3n) is 2.62. The second kappa shape index (κ2) is 6.93. The molecule has 0 saturated heterocycles. The summed E-state index contributed by atoms with van der Waals surface area (Å²) in [4.78, 5) is 0.982. The average molecular weight is 315 g/mol. The van der Waals surface area contributed by atoms with Crippen molar-refractivity contribution in [2.24, 2.45) is 5.73 Å². The van der Waals surface area contributed by atoms with Crippen molar-refractivity contribution in [1.29, 1.82) is 0 Å². The van der Waals surface area contributed by atoms with E-state index < -0.39 is 10.0 Å². The number of thiophene rings is 1. The molecule has 2 aromatic heterocycles. The van der Waals surface area contributed by atoms with Gasteiger partial charge in [-0.1, -0.05) is 5.21 Å². The Morgan fingerprint density at radius 2 is 2.25 bits per heavy atom. The summed E-state index contributed by atoms with van der Waals surface area (Å²) >= 11 is 1.26. The van der Waals surface area contributed by atoms with Gasteiger partial charge in [0, 0.05) is 24.2 Å². The first kappa shape index (κ1) is 15.1. The maximum Gasteiger partial charge on any atom is 0.250 e. The molecule has 0 amide bonds. The van der Waals surface area contributed by atoms with Gasteiger partial charge in [-0.15, -0.1) is 16.4 Å². The monoisotopic (exact) mass is 315 g/mol. The van der Waals surface area contributed by atoms with Gasteiger partial charge < -0.3 is 5.73 Å². The highest BCUT2D eigenvalue weighted by atomic mass is 32.2. The molecule has 3 N–H and O–H groups in total. The third-order valence-corrected chi connectivity index (χ3v) is 5.72. The molecule has 0 saturated carbocycles. The van der Waals surface area contributed by atoms with Crippen molar-refractivity contribution < 1.29 is 8.42 Å². The minimum absolute atomic E-state index is 0.335. The maximum atomic E-state index is 12.0. The summed E-state index contributed by atoms with van der Waals surface area (Å²) in [5, 5.41) is 7.50. The molecule has 2 heterocycles. The number of nitrogens with one attached hydrogen (secondary N) is 1. The Bertz CT molecular complexity index is 621. The van der Waals surface area contributed by atoms with E-state index in [4.69, 9.17) is 5.73 Å². The van der Waals surface area contributed by atoms with Gasteiger partial charge in [-0.2, -0.15) is 0 Å². The topological polar surface area (TPSA) is 103 Å². The van der Waals surface area contributed by atoms with Gasteiger partial charge >= 0.3 is 0 Å². The lowest BCUT2D eigenvalue weighted by Crippen LogP contribution is -2.24. The van der Waals surface area contributed by atoms with Crippen LogP contribution in [0.2, 0.25) is 0 Å². The minimum Gasteiger partial charge on any atom is -0.330 e. The van der Waals surface area contributed by atoms with E-state index in [1.54, 1.807) is 23.1 Å².